The topological polar surface area (TPSA) is 65.1 Å². The standard InChI is InChI=1S/C25H29NO5/c1-2-29-20-9-6-18(7-10-20)22(27)11-13-25(28)26-14-3-5-21(26)19-8-12-23-24(17-19)31-16-4-15-30-23/h6-10,12,17,21H,2-5,11,13-16H2,1H3/t21-/m1/s1. The van der Waals surface area contributed by atoms with Crippen LogP contribution in [0.1, 0.15) is 61.0 Å². The van der Waals surface area contributed by atoms with Gasteiger partial charge in [0.05, 0.1) is 25.9 Å². The quantitative estimate of drug-likeness (QED) is 0.610. The minimum absolute atomic E-state index is 0.0187. The number of ether oxygens (including phenoxy) is 3. The van der Waals surface area contributed by atoms with E-state index in [1.807, 2.05) is 30.0 Å². The van der Waals surface area contributed by atoms with Gasteiger partial charge >= 0.3 is 0 Å². The zero-order valence-electron chi connectivity index (χ0n) is 18.0. The van der Waals surface area contributed by atoms with Crippen molar-refractivity contribution in [2.75, 3.05) is 26.4 Å². The van der Waals surface area contributed by atoms with Crippen LogP contribution in [0.25, 0.3) is 0 Å². The Bertz CT molecular complexity index is 924. The van der Waals surface area contributed by atoms with Crippen LogP contribution in [0.2, 0.25) is 0 Å². The maximum absolute atomic E-state index is 12.9. The van der Waals surface area contributed by atoms with Crippen LogP contribution in [0.5, 0.6) is 17.2 Å². The second kappa shape index (κ2) is 9.86. The molecule has 0 aromatic heterocycles. The number of likely N-dealkylation sites (tertiary alicyclic amines) is 1. The number of rotatable bonds is 7. The molecule has 0 spiro atoms. The number of amides is 1. The van der Waals surface area contributed by atoms with E-state index in [0.717, 1.165) is 48.6 Å². The van der Waals surface area contributed by atoms with Crippen molar-refractivity contribution in [3.8, 4) is 17.2 Å². The predicted molar refractivity (Wildman–Crippen MR) is 117 cm³/mol. The maximum Gasteiger partial charge on any atom is 0.223 e. The first-order valence-corrected chi connectivity index (χ1v) is 11.1. The van der Waals surface area contributed by atoms with Crippen molar-refractivity contribution in [3.63, 3.8) is 0 Å². The average molecular weight is 424 g/mol. The van der Waals surface area contributed by atoms with Crippen LogP contribution in [0.15, 0.2) is 42.5 Å². The van der Waals surface area contributed by atoms with Gasteiger partial charge in [-0.15, -0.1) is 0 Å². The molecule has 164 valence electrons. The van der Waals surface area contributed by atoms with Gasteiger partial charge in [0.2, 0.25) is 5.91 Å². The van der Waals surface area contributed by atoms with Gasteiger partial charge in [-0.3, -0.25) is 9.59 Å². The molecule has 1 amide bonds. The molecule has 2 aromatic rings. The molecule has 1 fully saturated rings. The van der Waals surface area contributed by atoms with Crippen molar-refractivity contribution in [2.24, 2.45) is 0 Å². The first kappa shape index (κ1) is 21.2. The lowest BCUT2D eigenvalue weighted by Crippen LogP contribution is -2.30. The number of carbonyl (C=O) groups excluding carboxylic acids is 2. The molecule has 31 heavy (non-hydrogen) atoms. The highest BCUT2D eigenvalue weighted by Crippen LogP contribution is 2.38. The van der Waals surface area contributed by atoms with E-state index in [1.54, 1.807) is 24.3 Å². The smallest absolute Gasteiger partial charge is 0.223 e. The second-order valence-corrected chi connectivity index (χ2v) is 7.88. The van der Waals surface area contributed by atoms with Crippen LogP contribution >= 0.6 is 0 Å². The summed E-state index contributed by atoms with van der Waals surface area (Å²) in [5, 5.41) is 0. The highest BCUT2D eigenvalue weighted by molar-refractivity contribution is 5.98. The maximum atomic E-state index is 12.9. The normalized spacial score (nSPS) is 17.8. The molecule has 2 aromatic carbocycles. The Labute approximate surface area is 183 Å². The monoisotopic (exact) mass is 423 g/mol. The minimum Gasteiger partial charge on any atom is -0.494 e. The molecule has 2 heterocycles. The third-order valence-corrected chi connectivity index (χ3v) is 5.78. The first-order chi connectivity index (χ1) is 15.2. The number of nitrogens with zero attached hydrogens (tertiary/aromatic N) is 1. The van der Waals surface area contributed by atoms with Crippen LogP contribution in [-0.2, 0) is 4.79 Å². The van der Waals surface area contributed by atoms with Crippen LogP contribution in [0.3, 0.4) is 0 Å². The Kier molecular flexibility index (Phi) is 6.75. The van der Waals surface area contributed by atoms with E-state index < -0.39 is 0 Å². The van der Waals surface area contributed by atoms with Crippen molar-refractivity contribution in [3.05, 3.63) is 53.6 Å². The minimum atomic E-state index is -0.0253. The Morgan fingerprint density at radius 2 is 1.77 bits per heavy atom. The number of hydrogen-bond donors (Lipinski definition) is 0. The highest BCUT2D eigenvalue weighted by Gasteiger charge is 2.30. The lowest BCUT2D eigenvalue weighted by Gasteiger charge is -2.25. The van der Waals surface area contributed by atoms with Gasteiger partial charge in [-0.25, -0.2) is 0 Å². The van der Waals surface area contributed by atoms with Crippen molar-refractivity contribution in [1.82, 2.24) is 4.90 Å². The summed E-state index contributed by atoms with van der Waals surface area (Å²) in [6, 6.07) is 13.1. The molecular weight excluding hydrogens is 394 g/mol. The summed E-state index contributed by atoms with van der Waals surface area (Å²) in [7, 11) is 0. The fourth-order valence-corrected chi connectivity index (χ4v) is 4.21. The number of benzene rings is 2. The number of Topliss-reactive ketones (excluding diaryl/α,β-unsaturated/α-hetero) is 1. The summed E-state index contributed by atoms with van der Waals surface area (Å²) in [5.41, 5.74) is 1.67. The van der Waals surface area contributed by atoms with E-state index >= 15 is 0 Å². The largest absolute Gasteiger partial charge is 0.494 e. The van der Waals surface area contributed by atoms with Gasteiger partial charge in [-0.1, -0.05) is 6.07 Å². The molecule has 1 saturated heterocycles. The van der Waals surface area contributed by atoms with Crippen molar-refractivity contribution < 1.29 is 23.8 Å². The lowest BCUT2D eigenvalue weighted by molar-refractivity contribution is -0.132. The van der Waals surface area contributed by atoms with Gasteiger partial charge in [0.1, 0.15) is 5.75 Å². The van der Waals surface area contributed by atoms with E-state index in [1.165, 1.54) is 0 Å². The third-order valence-electron chi connectivity index (χ3n) is 5.78. The van der Waals surface area contributed by atoms with E-state index in [0.29, 0.717) is 25.4 Å². The van der Waals surface area contributed by atoms with E-state index in [2.05, 4.69) is 0 Å². The van der Waals surface area contributed by atoms with Crippen LogP contribution in [0, 0.1) is 0 Å². The Balaban J connectivity index is 1.38. The van der Waals surface area contributed by atoms with Gasteiger partial charge in [-0.2, -0.15) is 0 Å². The van der Waals surface area contributed by atoms with Crippen molar-refractivity contribution in [2.45, 2.75) is 45.1 Å². The number of carbonyl (C=O) groups is 2. The van der Waals surface area contributed by atoms with E-state index in [9.17, 15) is 9.59 Å². The number of hydrogen-bond acceptors (Lipinski definition) is 5. The number of ketones is 1. The second-order valence-electron chi connectivity index (χ2n) is 7.88. The molecule has 2 aliphatic rings. The molecule has 0 bridgehead atoms. The molecule has 4 rings (SSSR count). The average Bonchev–Trinajstić information content (AvgIpc) is 3.17. The zero-order valence-corrected chi connectivity index (χ0v) is 18.0. The van der Waals surface area contributed by atoms with Crippen LogP contribution < -0.4 is 14.2 Å². The molecule has 6 nitrogen and oxygen atoms in total. The molecule has 0 radical (unpaired) electrons. The lowest BCUT2D eigenvalue weighted by atomic mass is 10.0. The molecule has 6 heteroatoms. The van der Waals surface area contributed by atoms with Gasteiger partial charge in [0, 0.05) is 31.4 Å². The molecule has 0 N–H and O–H groups in total. The van der Waals surface area contributed by atoms with E-state index in [4.69, 9.17) is 14.2 Å². The molecule has 0 unspecified atom stereocenters. The fraction of sp³-hybridized carbons (Fsp3) is 0.440. The summed E-state index contributed by atoms with van der Waals surface area (Å²) in [5.74, 6) is 2.25. The SMILES string of the molecule is CCOc1ccc(C(=O)CCC(=O)N2CCC[C@@H]2c2ccc3c(c2)OCCCO3)cc1. The fourth-order valence-electron chi connectivity index (χ4n) is 4.21. The van der Waals surface area contributed by atoms with E-state index in [-0.39, 0.29) is 30.6 Å². The molecule has 0 saturated carbocycles. The Hall–Kier alpha value is -3.02. The molecular formula is C25H29NO5. The summed E-state index contributed by atoms with van der Waals surface area (Å²) in [6.45, 7) is 4.51. The van der Waals surface area contributed by atoms with Gasteiger partial charge in [0.25, 0.3) is 0 Å². The van der Waals surface area contributed by atoms with Crippen molar-refractivity contribution in [1.29, 1.82) is 0 Å². The molecule has 2 aliphatic heterocycles. The Morgan fingerprint density at radius 3 is 2.55 bits per heavy atom. The highest BCUT2D eigenvalue weighted by atomic mass is 16.5. The summed E-state index contributed by atoms with van der Waals surface area (Å²) in [6.07, 6.45) is 3.15. The molecule has 0 aliphatic carbocycles. The molecule has 1 atom stereocenters. The van der Waals surface area contributed by atoms with Crippen LogP contribution in [0.4, 0.5) is 0 Å². The summed E-state index contributed by atoms with van der Waals surface area (Å²) >= 11 is 0. The van der Waals surface area contributed by atoms with Crippen LogP contribution in [-0.4, -0.2) is 43.0 Å². The van der Waals surface area contributed by atoms with Crippen molar-refractivity contribution >= 4 is 11.7 Å². The van der Waals surface area contributed by atoms with Gasteiger partial charge in [-0.05, 0) is 61.7 Å². The predicted octanol–water partition coefficient (Wildman–Crippen LogP) is 4.57. The summed E-state index contributed by atoms with van der Waals surface area (Å²) < 4.78 is 16.9. The zero-order chi connectivity index (χ0) is 21.6. The number of fused-ring (bicyclic) bond motifs is 1. The third kappa shape index (κ3) is 5.01. The first-order valence-electron chi connectivity index (χ1n) is 11.1. The van der Waals surface area contributed by atoms with Gasteiger partial charge < -0.3 is 19.1 Å². The summed E-state index contributed by atoms with van der Waals surface area (Å²) in [4.78, 5) is 27.4. The Morgan fingerprint density at radius 1 is 1.00 bits per heavy atom. The van der Waals surface area contributed by atoms with Gasteiger partial charge in [0.15, 0.2) is 17.3 Å².